The molecule has 2 N–H and O–H groups in total. The normalized spacial score (nSPS) is 18.5. The zero-order valence-electron chi connectivity index (χ0n) is 9.76. The van der Waals surface area contributed by atoms with Crippen LogP contribution in [0.25, 0.3) is 0 Å². The molecule has 0 unspecified atom stereocenters. The maximum Gasteiger partial charge on any atom is 0.157 e. The lowest BCUT2D eigenvalue weighted by molar-refractivity contribution is 0.334. The van der Waals surface area contributed by atoms with Crippen LogP contribution in [0.4, 0.5) is 0 Å². The molecule has 0 radical (unpaired) electrons. The summed E-state index contributed by atoms with van der Waals surface area (Å²) in [7, 11) is 0. The van der Waals surface area contributed by atoms with E-state index in [9.17, 15) is 15.5 Å². The van der Waals surface area contributed by atoms with E-state index in [-0.39, 0.29) is 17.4 Å². The van der Waals surface area contributed by atoms with Crippen LogP contribution in [-0.4, -0.2) is 10.2 Å². The van der Waals surface area contributed by atoms with Crippen LogP contribution in [0, 0.1) is 17.2 Å². The van der Waals surface area contributed by atoms with E-state index in [1.165, 1.54) is 31.4 Å². The Morgan fingerprint density at radius 3 is 2.41 bits per heavy atom. The van der Waals surface area contributed by atoms with Gasteiger partial charge in [0.15, 0.2) is 11.5 Å². The fraction of sp³-hybridized carbons (Fsp3) is 0.500. The average Bonchev–Trinajstić information content (AvgIpc) is 2.36. The first-order valence-electron chi connectivity index (χ1n) is 6.14. The minimum atomic E-state index is -0.165. The fourth-order valence-corrected chi connectivity index (χ4v) is 2.65. The molecule has 1 aliphatic carbocycles. The third-order valence-corrected chi connectivity index (χ3v) is 3.62. The highest BCUT2D eigenvalue weighted by Crippen LogP contribution is 2.38. The highest BCUT2D eigenvalue weighted by atomic mass is 16.3. The van der Waals surface area contributed by atoms with Gasteiger partial charge in [0.2, 0.25) is 0 Å². The molecule has 0 amide bonds. The standard InChI is InChI=1S/C14H17NO2/c15-9-12(10-4-2-1-3-5-10)11-6-7-13(16)14(17)8-11/h6-8,10,12,16-17H,1-5H2/t12-/m0/s1. The lowest BCUT2D eigenvalue weighted by atomic mass is 9.77. The molecule has 0 bridgehead atoms. The van der Waals surface area contributed by atoms with Crippen molar-refractivity contribution in [2.45, 2.75) is 38.0 Å². The van der Waals surface area contributed by atoms with Crippen molar-refractivity contribution in [1.29, 1.82) is 5.26 Å². The Kier molecular flexibility index (Phi) is 3.53. The molecule has 90 valence electrons. The summed E-state index contributed by atoms with van der Waals surface area (Å²) in [6.45, 7) is 0. The second-order valence-corrected chi connectivity index (χ2v) is 4.75. The SMILES string of the molecule is N#C[C@H](c1ccc(O)c(O)c1)C1CCCCC1. The minimum Gasteiger partial charge on any atom is -0.504 e. The van der Waals surface area contributed by atoms with Crippen molar-refractivity contribution in [3.05, 3.63) is 23.8 Å². The van der Waals surface area contributed by atoms with Crippen molar-refractivity contribution in [2.75, 3.05) is 0 Å². The highest BCUT2D eigenvalue weighted by molar-refractivity contribution is 5.43. The topological polar surface area (TPSA) is 64.2 Å². The Morgan fingerprint density at radius 1 is 1.12 bits per heavy atom. The highest BCUT2D eigenvalue weighted by Gasteiger charge is 2.25. The smallest absolute Gasteiger partial charge is 0.157 e. The Bertz CT molecular complexity index is 430. The van der Waals surface area contributed by atoms with Crippen molar-refractivity contribution in [2.24, 2.45) is 5.92 Å². The zero-order valence-corrected chi connectivity index (χ0v) is 9.76. The molecule has 3 nitrogen and oxygen atoms in total. The van der Waals surface area contributed by atoms with Gasteiger partial charge in [0.1, 0.15) is 0 Å². The number of hydrogen-bond acceptors (Lipinski definition) is 3. The van der Waals surface area contributed by atoms with Gasteiger partial charge in [0.25, 0.3) is 0 Å². The summed E-state index contributed by atoms with van der Waals surface area (Å²) in [5, 5.41) is 28.1. The lowest BCUT2D eigenvalue weighted by Gasteiger charge is -2.26. The average molecular weight is 231 g/mol. The van der Waals surface area contributed by atoms with Crippen molar-refractivity contribution in [3.63, 3.8) is 0 Å². The van der Waals surface area contributed by atoms with Crippen LogP contribution in [0.15, 0.2) is 18.2 Å². The first-order chi connectivity index (χ1) is 8.22. The van der Waals surface area contributed by atoms with Crippen LogP contribution in [0.1, 0.15) is 43.6 Å². The van der Waals surface area contributed by atoms with Crippen molar-refractivity contribution < 1.29 is 10.2 Å². The van der Waals surface area contributed by atoms with Gasteiger partial charge in [-0.3, -0.25) is 0 Å². The van der Waals surface area contributed by atoms with E-state index in [2.05, 4.69) is 6.07 Å². The van der Waals surface area contributed by atoms with Gasteiger partial charge < -0.3 is 10.2 Å². The van der Waals surface area contributed by atoms with Gasteiger partial charge >= 0.3 is 0 Å². The maximum atomic E-state index is 9.48. The number of phenolic OH excluding ortho intramolecular Hbond substituents is 2. The second kappa shape index (κ2) is 5.09. The third kappa shape index (κ3) is 2.52. The van der Waals surface area contributed by atoms with Gasteiger partial charge in [-0.15, -0.1) is 0 Å². The molecule has 1 atom stereocenters. The summed E-state index contributed by atoms with van der Waals surface area (Å²) in [5.41, 5.74) is 0.815. The van der Waals surface area contributed by atoms with Crippen LogP contribution in [0.3, 0.4) is 0 Å². The van der Waals surface area contributed by atoms with Gasteiger partial charge in [-0.25, -0.2) is 0 Å². The molecule has 17 heavy (non-hydrogen) atoms. The minimum absolute atomic E-state index is 0.130. The molecule has 1 aromatic rings. The van der Waals surface area contributed by atoms with E-state index in [1.807, 2.05) is 0 Å². The molecule has 0 aliphatic heterocycles. The molecule has 0 heterocycles. The van der Waals surface area contributed by atoms with Gasteiger partial charge in [-0.1, -0.05) is 25.3 Å². The van der Waals surface area contributed by atoms with Gasteiger partial charge in [-0.2, -0.15) is 5.26 Å². The summed E-state index contributed by atoms with van der Waals surface area (Å²) in [5.74, 6) is -0.0489. The molecular weight excluding hydrogens is 214 g/mol. The van der Waals surface area contributed by atoms with Crippen LogP contribution < -0.4 is 0 Å². The van der Waals surface area contributed by atoms with Crippen LogP contribution in [0.5, 0.6) is 11.5 Å². The van der Waals surface area contributed by atoms with Crippen LogP contribution in [-0.2, 0) is 0 Å². The molecule has 1 aliphatic rings. The lowest BCUT2D eigenvalue weighted by Crippen LogP contribution is -2.15. The number of benzene rings is 1. The summed E-state index contributed by atoms with van der Waals surface area (Å²) >= 11 is 0. The molecule has 1 fully saturated rings. The second-order valence-electron chi connectivity index (χ2n) is 4.75. The summed E-state index contributed by atoms with van der Waals surface area (Å²) in [6.07, 6.45) is 5.80. The number of rotatable bonds is 2. The molecule has 0 aromatic heterocycles. The van der Waals surface area contributed by atoms with Crippen molar-refractivity contribution in [1.82, 2.24) is 0 Å². The van der Waals surface area contributed by atoms with E-state index in [4.69, 9.17) is 0 Å². The van der Waals surface area contributed by atoms with E-state index in [0.717, 1.165) is 18.4 Å². The number of hydrogen-bond donors (Lipinski definition) is 2. The molecule has 0 spiro atoms. The predicted molar refractivity (Wildman–Crippen MR) is 64.7 cm³/mol. The molecule has 1 saturated carbocycles. The number of nitrogens with zero attached hydrogens (tertiary/aromatic N) is 1. The maximum absolute atomic E-state index is 9.48. The van der Waals surface area contributed by atoms with Crippen LogP contribution in [0.2, 0.25) is 0 Å². The summed E-state index contributed by atoms with van der Waals surface area (Å²) in [6, 6.07) is 7.04. The van der Waals surface area contributed by atoms with Crippen molar-refractivity contribution in [3.8, 4) is 17.6 Å². The number of aromatic hydroxyl groups is 2. The summed E-state index contributed by atoms with van der Waals surface area (Å²) < 4.78 is 0. The Balaban J connectivity index is 2.22. The van der Waals surface area contributed by atoms with E-state index in [1.54, 1.807) is 6.07 Å². The predicted octanol–water partition coefficient (Wildman–Crippen LogP) is 3.29. The van der Waals surface area contributed by atoms with E-state index < -0.39 is 0 Å². The van der Waals surface area contributed by atoms with E-state index in [0.29, 0.717) is 5.92 Å². The van der Waals surface area contributed by atoms with Crippen LogP contribution >= 0.6 is 0 Å². The molecule has 2 rings (SSSR count). The number of phenols is 2. The Morgan fingerprint density at radius 2 is 1.82 bits per heavy atom. The molecule has 0 saturated heterocycles. The van der Waals surface area contributed by atoms with Gasteiger partial charge in [0, 0.05) is 0 Å². The first kappa shape index (κ1) is 11.8. The summed E-state index contributed by atoms with van der Waals surface area (Å²) in [4.78, 5) is 0. The van der Waals surface area contributed by atoms with Gasteiger partial charge in [-0.05, 0) is 36.5 Å². The first-order valence-corrected chi connectivity index (χ1v) is 6.14. The largest absolute Gasteiger partial charge is 0.504 e. The Hall–Kier alpha value is -1.69. The Labute approximate surface area is 101 Å². The molecular formula is C14H17NO2. The molecule has 3 heteroatoms. The van der Waals surface area contributed by atoms with E-state index >= 15 is 0 Å². The fourth-order valence-electron chi connectivity index (χ4n) is 2.65. The quantitative estimate of drug-likeness (QED) is 0.768. The number of nitriles is 1. The monoisotopic (exact) mass is 231 g/mol. The zero-order chi connectivity index (χ0) is 12.3. The van der Waals surface area contributed by atoms with Gasteiger partial charge in [0.05, 0.1) is 12.0 Å². The van der Waals surface area contributed by atoms with Crippen molar-refractivity contribution >= 4 is 0 Å². The third-order valence-electron chi connectivity index (χ3n) is 3.62. The molecule has 1 aromatic carbocycles.